The van der Waals surface area contributed by atoms with E-state index in [1.807, 2.05) is 0 Å². The third-order valence-corrected chi connectivity index (χ3v) is 4.28. The number of anilines is 1. The van der Waals surface area contributed by atoms with Crippen LogP contribution in [0.15, 0.2) is 10.7 Å². The number of halogens is 1. The summed E-state index contributed by atoms with van der Waals surface area (Å²) in [5.41, 5.74) is 1.56. The number of aromatic nitrogens is 1. The fourth-order valence-electron chi connectivity index (χ4n) is 2.68. The average Bonchev–Trinajstić information content (AvgIpc) is 2.71. The molecular formula is C11H13BrN2O. The first-order valence-electron chi connectivity index (χ1n) is 5.16. The van der Waals surface area contributed by atoms with Crippen molar-refractivity contribution < 1.29 is 4.74 Å². The van der Waals surface area contributed by atoms with E-state index in [2.05, 4.69) is 33.2 Å². The highest BCUT2D eigenvalue weighted by Crippen LogP contribution is 2.61. The van der Waals surface area contributed by atoms with Gasteiger partial charge in [-0.1, -0.05) is 6.92 Å². The Hall–Kier alpha value is -0.770. The fraction of sp³-hybridized carbons (Fsp3) is 0.545. The van der Waals surface area contributed by atoms with Crippen LogP contribution in [0.4, 0.5) is 5.82 Å². The lowest BCUT2D eigenvalue weighted by molar-refractivity contribution is 0.402. The first-order valence-corrected chi connectivity index (χ1v) is 5.95. The van der Waals surface area contributed by atoms with Crippen molar-refractivity contribution in [2.45, 2.75) is 18.8 Å². The Balaban J connectivity index is 2.21. The number of rotatable bonds is 1. The number of ether oxygens (including phenoxy) is 1. The summed E-state index contributed by atoms with van der Waals surface area (Å²) in [5, 5.41) is 3.37. The number of pyridine rings is 1. The maximum absolute atomic E-state index is 5.48. The fourth-order valence-corrected chi connectivity index (χ4v) is 3.14. The molecule has 3 rings (SSSR count). The minimum Gasteiger partial charge on any atom is -0.495 e. The molecule has 1 aromatic heterocycles. The van der Waals surface area contributed by atoms with Gasteiger partial charge in [-0.15, -0.1) is 0 Å². The topological polar surface area (TPSA) is 34.1 Å². The molecule has 2 atom stereocenters. The van der Waals surface area contributed by atoms with Crippen molar-refractivity contribution in [3.05, 3.63) is 16.2 Å². The number of hydrogen-bond donors (Lipinski definition) is 1. The molecule has 15 heavy (non-hydrogen) atoms. The normalized spacial score (nSPS) is 31.3. The highest BCUT2D eigenvalue weighted by atomic mass is 79.9. The van der Waals surface area contributed by atoms with Crippen molar-refractivity contribution >= 4 is 21.7 Å². The Kier molecular flexibility index (Phi) is 1.81. The van der Waals surface area contributed by atoms with Crippen molar-refractivity contribution in [1.29, 1.82) is 0 Å². The molecule has 0 saturated heterocycles. The molecule has 2 heterocycles. The molecule has 1 aliphatic heterocycles. The lowest BCUT2D eigenvalue weighted by Crippen LogP contribution is -2.12. The highest BCUT2D eigenvalue weighted by molar-refractivity contribution is 9.10. The second-order valence-corrected chi connectivity index (χ2v) is 5.33. The summed E-state index contributed by atoms with van der Waals surface area (Å²) in [6, 6.07) is 0. The van der Waals surface area contributed by atoms with Crippen LogP contribution in [0.2, 0.25) is 0 Å². The molecular weight excluding hydrogens is 256 g/mol. The van der Waals surface area contributed by atoms with Gasteiger partial charge in [-0.25, -0.2) is 4.98 Å². The van der Waals surface area contributed by atoms with E-state index in [9.17, 15) is 0 Å². The van der Waals surface area contributed by atoms with Gasteiger partial charge in [0.15, 0.2) is 0 Å². The van der Waals surface area contributed by atoms with Gasteiger partial charge in [0, 0.05) is 23.7 Å². The quantitative estimate of drug-likeness (QED) is 0.850. The van der Waals surface area contributed by atoms with Crippen LogP contribution in [-0.2, 0) is 5.41 Å². The van der Waals surface area contributed by atoms with Crippen molar-refractivity contribution in [3.8, 4) is 5.75 Å². The maximum Gasteiger partial charge on any atom is 0.142 e. The molecule has 1 spiro atoms. The summed E-state index contributed by atoms with van der Waals surface area (Å²) < 4.78 is 6.43. The molecule has 1 aromatic rings. The highest BCUT2D eigenvalue weighted by Gasteiger charge is 2.58. The van der Waals surface area contributed by atoms with Crippen LogP contribution in [0.3, 0.4) is 0 Å². The molecule has 2 unspecified atom stereocenters. The predicted octanol–water partition coefficient (Wildman–Crippen LogP) is 2.56. The number of hydrogen-bond acceptors (Lipinski definition) is 3. The van der Waals surface area contributed by atoms with Crippen LogP contribution in [-0.4, -0.2) is 18.6 Å². The molecule has 0 amide bonds. The third-order valence-electron chi connectivity index (χ3n) is 3.71. The van der Waals surface area contributed by atoms with Gasteiger partial charge in [0.25, 0.3) is 0 Å². The largest absolute Gasteiger partial charge is 0.495 e. The Morgan fingerprint density at radius 1 is 1.67 bits per heavy atom. The van der Waals surface area contributed by atoms with Crippen LogP contribution < -0.4 is 10.1 Å². The van der Waals surface area contributed by atoms with Gasteiger partial charge >= 0.3 is 0 Å². The second-order valence-electron chi connectivity index (χ2n) is 4.48. The van der Waals surface area contributed by atoms with Crippen molar-refractivity contribution in [2.24, 2.45) is 5.92 Å². The van der Waals surface area contributed by atoms with E-state index >= 15 is 0 Å². The summed E-state index contributed by atoms with van der Waals surface area (Å²) in [7, 11) is 1.72. The van der Waals surface area contributed by atoms with E-state index in [0.717, 1.165) is 28.5 Å². The number of nitrogens with one attached hydrogen (secondary N) is 1. The maximum atomic E-state index is 5.48. The van der Waals surface area contributed by atoms with Gasteiger partial charge in [-0.2, -0.15) is 0 Å². The standard InChI is InChI=1S/C11H13BrN2O/c1-6-3-11(6)5-14-10-8(11)9(15-2)7(12)4-13-10/h4,6H,3,5H2,1-2H3,(H,13,14). The minimum atomic E-state index is 0.289. The van der Waals surface area contributed by atoms with Crippen LogP contribution >= 0.6 is 15.9 Å². The molecule has 1 aliphatic carbocycles. The Labute approximate surface area is 97.4 Å². The minimum absolute atomic E-state index is 0.289. The van der Waals surface area contributed by atoms with Crippen LogP contribution in [0.25, 0.3) is 0 Å². The molecule has 0 bridgehead atoms. The first-order chi connectivity index (χ1) is 7.19. The van der Waals surface area contributed by atoms with Gasteiger partial charge in [-0.05, 0) is 28.3 Å². The molecule has 3 nitrogen and oxygen atoms in total. The Morgan fingerprint density at radius 2 is 2.40 bits per heavy atom. The SMILES string of the molecule is COc1c(Br)cnc2c1C1(CN2)CC1C. The lowest BCUT2D eigenvalue weighted by Gasteiger charge is -2.13. The van der Waals surface area contributed by atoms with Gasteiger partial charge in [0.2, 0.25) is 0 Å². The number of fused-ring (bicyclic) bond motifs is 2. The van der Waals surface area contributed by atoms with Crippen molar-refractivity contribution in [1.82, 2.24) is 4.98 Å². The summed E-state index contributed by atoms with van der Waals surface area (Å²) in [6.45, 7) is 3.29. The Bertz CT molecular complexity index is 435. The number of nitrogens with zero attached hydrogens (tertiary/aromatic N) is 1. The smallest absolute Gasteiger partial charge is 0.142 e. The van der Waals surface area contributed by atoms with Crippen LogP contribution in [0.1, 0.15) is 18.9 Å². The van der Waals surface area contributed by atoms with Crippen LogP contribution in [0, 0.1) is 5.92 Å². The van der Waals surface area contributed by atoms with E-state index in [0.29, 0.717) is 0 Å². The summed E-state index contributed by atoms with van der Waals surface area (Å²) in [4.78, 5) is 4.40. The van der Waals surface area contributed by atoms with Crippen molar-refractivity contribution in [3.63, 3.8) is 0 Å². The summed E-state index contributed by atoms with van der Waals surface area (Å²) >= 11 is 3.49. The molecule has 80 valence electrons. The molecule has 4 heteroatoms. The van der Waals surface area contributed by atoms with E-state index in [1.165, 1.54) is 12.0 Å². The van der Waals surface area contributed by atoms with Crippen molar-refractivity contribution in [2.75, 3.05) is 19.0 Å². The van der Waals surface area contributed by atoms with Gasteiger partial charge in [-0.3, -0.25) is 0 Å². The van der Waals surface area contributed by atoms with Crippen LogP contribution in [0.5, 0.6) is 5.75 Å². The second kappa shape index (κ2) is 2.88. The molecule has 0 aromatic carbocycles. The third kappa shape index (κ3) is 1.08. The molecule has 2 aliphatic rings. The van der Waals surface area contributed by atoms with E-state index in [1.54, 1.807) is 13.3 Å². The zero-order valence-corrected chi connectivity index (χ0v) is 10.4. The lowest BCUT2D eigenvalue weighted by atomic mass is 9.97. The Morgan fingerprint density at radius 3 is 3.00 bits per heavy atom. The predicted molar refractivity (Wildman–Crippen MR) is 62.4 cm³/mol. The van der Waals surface area contributed by atoms with Gasteiger partial charge < -0.3 is 10.1 Å². The number of methoxy groups -OCH3 is 1. The van der Waals surface area contributed by atoms with E-state index < -0.39 is 0 Å². The zero-order chi connectivity index (χ0) is 10.6. The zero-order valence-electron chi connectivity index (χ0n) is 8.80. The molecule has 1 fully saturated rings. The van der Waals surface area contributed by atoms with Gasteiger partial charge in [0.1, 0.15) is 11.6 Å². The van der Waals surface area contributed by atoms with Gasteiger partial charge in [0.05, 0.1) is 11.6 Å². The monoisotopic (exact) mass is 268 g/mol. The summed E-state index contributed by atoms with van der Waals surface area (Å²) in [5.74, 6) is 2.69. The molecule has 0 radical (unpaired) electrons. The molecule has 1 saturated carbocycles. The summed E-state index contributed by atoms with van der Waals surface area (Å²) in [6.07, 6.45) is 3.04. The average molecular weight is 269 g/mol. The van der Waals surface area contributed by atoms with E-state index in [-0.39, 0.29) is 5.41 Å². The first kappa shape index (κ1) is 9.46. The molecule has 1 N–H and O–H groups in total. The van der Waals surface area contributed by atoms with E-state index in [4.69, 9.17) is 4.74 Å².